The predicted molar refractivity (Wildman–Crippen MR) is 115 cm³/mol. The molecule has 1 aliphatic heterocycles. The molecule has 0 saturated carbocycles. The van der Waals surface area contributed by atoms with Crippen LogP contribution in [-0.2, 0) is 16.4 Å². The minimum absolute atomic E-state index is 0.0109. The van der Waals surface area contributed by atoms with Crippen molar-refractivity contribution in [3.8, 4) is 0 Å². The lowest BCUT2D eigenvalue weighted by Gasteiger charge is -2.20. The first kappa shape index (κ1) is 22.8. The lowest BCUT2D eigenvalue weighted by molar-refractivity contribution is 0.0916. The van der Waals surface area contributed by atoms with Gasteiger partial charge in [-0.15, -0.1) is 0 Å². The number of carboxylic acid groups (broad SMARTS) is 1. The Hall–Kier alpha value is -2.91. The summed E-state index contributed by atoms with van der Waals surface area (Å²) in [5.41, 5.74) is 2.63. The predicted octanol–water partition coefficient (Wildman–Crippen LogP) is 2.89. The van der Waals surface area contributed by atoms with Crippen molar-refractivity contribution in [3.05, 3.63) is 64.7 Å². The van der Waals surface area contributed by atoms with Crippen molar-refractivity contribution in [3.63, 3.8) is 0 Å². The average molecular weight is 447 g/mol. The maximum absolute atomic E-state index is 12.8. The highest BCUT2D eigenvalue weighted by molar-refractivity contribution is 7.91. The molecule has 0 fully saturated rings. The van der Waals surface area contributed by atoms with Crippen LogP contribution in [0.25, 0.3) is 0 Å². The van der Waals surface area contributed by atoms with E-state index < -0.39 is 27.9 Å². The van der Waals surface area contributed by atoms with Gasteiger partial charge in [0, 0.05) is 12.1 Å². The average Bonchev–Trinajstić information content (AvgIpc) is 3.15. The van der Waals surface area contributed by atoms with Gasteiger partial charge in [0.25, 0.3) is 5.91 Å². The molecule has 0 aliphatic carbocycles. The summed E-state index contributed by atoms with van der Waals surface area (Å²) < 4.78 is 23.9. The molecule has 1 heterocycles. The van der Waals surface area contributed by atoms with E-state index >= 15 is 0 Å². The molecule has 0 aromatic heterocycles. The number of sulfone groups is 1. The molecular formula is C22H26N2O6S. The zero-order chi connectivity index (χ0) is 22.8. The molecule has 0 unspecified atom stereocenters. The monoisotopic (exact) mass is 446 g/mol. The van der Waals surface area contributed by atoms with Crippen molar-refractivity contribution in [1.29, 1.82) is 0 Å². The fraction of sp³-hybridized carbons (Fsp3) is 0.364. The molecule has 8 nitrogen and oxygen atoms in total. The molecule has 0 radical (unpaired) electrons. The van der Waals surface area contributed by atoms with E-state index in [0.717, 1.165) is 11.1 Å². The molecular weight excluding hydrogens is 420 g/mol. The van der Waals surface area contributed by atoms with Crippen molar-refractivity contribution >= 4 is 21.8 Å². The second-order valence-corrected chi connectivity index (χ2v) is 9.71. The number of aliphatic hydroxyl groups is 1. The number of rotatable bonds is 7. The lowest BCUT2D eigenvalue weighted by atomic mass is 10.00. The Morgan fingerprint density at radius 1 is 1.16 bits per heavy atom. The Bertz CT molecular complexity index is 1080. The standard InChI is InChI=1S/C22H26N2O6S/c1-3-20-18-10-7-15(11-16(18)12-24(20)22(27)28)21(26)23-19(13-25)14-5-8-17(9-6-14)31(29,30)4-2/h5-11,19-20,25H,3-4,12-13H2,1-2H3,(H,23,26)(H,27,28)/t19-,20+/m0/s1. The second-order valence-electron chi connectivity index (χ2n) is 7.43. The Morgan fingerprint density at radius 2 is 1.84 bits per heavy atom. The maximum Gasteiger partial charge on any atom is 0.408 e. The van der Waals surface area contributed by atoms with Crippen LogP contribution in [0.5, 0.6) is 0 Å². The number of nitrogens with one attached hydrogen (secondary N) is 1. The summed E-state index contributed by atoms with van der Waals surface area (Å²) in [7, 11) is -3.33. The van der Waals surface area contributed by atoms with Crippen molar-refractivity contribution in [2.45, 2.75) is 43.8 Å². The molecule has 0 saturated heterocycles. The van der Waals surface area contributed by atoms with Crippen LogP contribution < -0.4 is 5.32 Å². The van der Waals surface area contributed by atoms with Gasteiger partial charge in [0.2, 0.25) is 0 Å². The first-order valence-electron chi connectivity index (χ1n) is 10.1. The van der Waals surface area contributed by atoms with Crippen LogP contribution >= 0.6 is 0 Å². The lowest BCUT2D eigenvalue weighted by Crippen LogP contribution is -2.30. The van der Waals surface area contributed by atoms with Gasteiger partial charge in [0.1, 0.15) is 0 Å². The highest BCUT2D eigenvalue weighted by Crippen LogP contribution is 2.36. The molecule has 2 atom stereocenters. The molecule has 0 spiro atoms. The SMILES string of the molecule is CC[C@@H]1c2ccc(C(=O)N[C@@H](CO)c3ccc(S(=O)(=O)CC)cc3)cc2CN1C(=O)O. The minimum atomic E-state index is -3.33. The molecule has 1 aliphatic rings. The van der Waals surface area contributed by atoms with Gasteiger partial charge >= 0.3 is 6.09 Å². The Labute approximate surface area is 181 Å². The summed E-state index contributed by atoms with van der Waals surface area (Å²) in [5, 5.41) is 21.9. The second kappa shape index (κ2) is 9.07. The van der Waals surface area contributed by atoms with Crippen molar-refractivity contribution < 1.29 is 28.2 Å². The van der Waals surface area contributed by atoms with E-state index in [4.69, 9.17) is 0 Å². The van der Waals surface area contributed by atoms with Crippen molar-refractivity contribution in [2.75, 3.05) is 12.4 Å². The van der Waals surface area contributed by atoms with Gasteiger partial charge in [0.05, 0.1) is 29.3 Å². The molecule has 3 rings (SSSR count). The number of carbonyl (C=O) groups is 2. The van der Waals surface area contributed by atoms with E-state index in [1.165, 1.54) is 17.0 Å². The van der Waals surface area contributed by atoms with Gasteiger partial charge in [-0.25, -0.2) is 13.2 Å². The van der Waals surface area contributed by atoms with Gasteiger partial charge < -0.3 is 15.5 Å². The number of aliphatic hydroxyl groups excluding tert-OH is 1. The Morgan fingerprint density at radius 3 is 2.39 bits per heavy atom. The molecule has 2 aromatic rings. The Balaban J connectivity index is 1.78. The van der Waals surface area contributed by atoms with Gasteiger partial charge in [-0.2, -0.15) is 0 Å². The highest BCUT2D eigenvalue weighted by atomic mass is 32.2. The first-order chi connectivity index (χ1) is 14.7. The molecule has 166 valence electrons. The number of nitrogens with zero attached hydrogens (tertiary/aromatic N) is 1. The van der Waals surface area contributed by atoms with Crippen LogP contribution in [0.3, 0.4) is 0 Å². The fourth-order valence-corrected chi connectivity index (χ4v) is 4.75. The summed E-state index contributed by atoms with van der Waals surface area (Å²) >= 11 is 0. The number of benzene rings is 2. The number of amides is 2. The number of carbonyl (C=O) groups excluding carboxylic acids is 1. The zero-order valence-corrected chi connectivity index (χ0v) is 18.2. The van der Waals surface area contributed by atoms with E-state index in [1.54, 1.807) is 37.3 Å². The van der Waals surface area contributed by atoms with Gasteiger partial charge in [-0.1, -0.05) is 32.0 Å². The van der Waals surface area contributed by atoms with Gasteiger partial charge in [-0.05, 0) is 47.4 Å². The Kier molecular flexibility index (Phi) is 6.66. The van der Waals surface area contributed by atoms with Crippen LogP contribution in [0.2, 0.25) is 0 Å². The van der Waals surface area contributed by atoms with Crippen molar-refractivity contribution in [2.24, 2.45) is 0 Å². The number of hydrogen-bond donors (Lipinski definition) is 3. The minimum Gasteiger partial charge on any atom is -0.465 e. The first-order valence-corrected chi connectivity index (χ1v) is 11.7. The topological polar surface area (TPSA) is 124 Å². The third-order valence-electron chi connectivity index (χ3n) is 5.62. The number of fused-ring (bicyclic) bond motifs is 1. The third kappa shape index (κ3) is 4.57. The summed E-state index contributed by atoms with van der Waals surface area (Å²) in [5.74, 6) is -0.419. The fourth-order valence-electron chi connectivity index (χ4n) is 3.86. The molecule has 3 N–H and O–H groups in total. The van der Waals surface area contributed by atoms with Gasteiger partial charge in [-0.3, -0.25) is 9.69 Å². The summed E-state index contributed by atoms with van der Waals surface area (Å²) in [6, 6.07) is 10.2. The van der Waals surface area contributed by atoms with E-state index in [-0.39, 0.29) is 29.8 Å². The molecule has 31 heavy (non-hydrogen) atoms. The smallest absolute Gasteiger partial charge is 0.408 e. The van der Waals surface area contributed by atoms with E-state index in [1.807, 2.05) is 6.92 Å². The third-order valence-corrected chi connectivity index (χ3v) is 7.37. The zero-order valence-electron chi connectivity index (χ0n) is 17.4. The summed E-state index contributed by atoms with van der Waals surface area (Å²) in [6.07, 6.45) is -0.357. The van der Waals surface area contributed by atoms with Crippen LogP contribution in [0.4, 0.5) is 4.79 Å². The summed E-state index contributed by atoms with van der Waals surface area (Å²) in [4.78, 5) is 25.8. The highest BCUT2D eigenvalue weighted by Gasteiger charge is 2.32. The van der Waals surface area contributed by atoms with Crippen LogP contribution in [0.1, 0.15) is 59.4 Å². The van der Waals surface area contributed by atoms with Crippen LogP contribution in [0.15, 0.2) is 47.4 Å². The van der Waals surface area contributed by atoms with Gasteiger partial charge in [0.15, 0.2) is 9.84 Å². The van der Waals surface area contributed by atoms with E-state index in [2.05, 4.69) is 5.32 Å². The quantitative estimate of drug-likeness (QED) is 0.601. The van der Waals surface area contributed by atoms with Crippen molar-refractivity contribution in [1.82, 2.24) is 10.2 Å². The summed E-state index contributed by atoms with van der Waals surface area (Å²) in [6.45, 7) is 3.34. The number of hydrogen-bond acceptors (Lipinski definition) is 5. The normalized spacial score (nSPS) is 16.6. The van der Waals surface area contributed by atoms with Crippen LogP contribution in [-0.4, -0.2) is 47.9 Å². The van der Waals surface area contributed by atoms with Crippen LogP contribution in [0, 0.1) is 0 Å². The molecule has 2 amide bonds. The van der Waals surface area contributed by atoms with E-state index in [0.29, 0.717) is 17.5 Å². The largest absolute Gasteiger partial charge is 0.465 e. The maximum atomic E-state index is 12.8. The molecule has 0 bridgehead atoms. The molecule has 9 heteroatoms. The molecule has 2 aromatic carbocycles. The van der Waals surface area contributed by atoms with E-state index in [9.17, 15) is 28.2 Å².